The lowest BCUT2D eigenvalue weighted by atomic mass is 9.89. The molecule has 2 aliphatic heterocycles. The molecule has 116 valence electrons. The molecule has 0 unspecified atom stereocenters. The summed E-state index contributed by atoms with van der Waals surface area (Å²) < 4.78 is 5.50. The number of likely N-dealkylation sites (tertiary alicyclic amines) is 1. The van der Waals surface area contributed by atoms with Crippen LogP contribution in [0.25, 0.3) is 0 Å². The Labute approximate surface area is 123 Å². The van der Waals surface area contributed by atoms with Gasteiger partial charge >= 0.3 is 0 Å². The monoisotopic (exact) mass is 282 g/mol. The summed E-state index contributed by atoms with van der Waals surface area (Å²) in [5.74, 6) is 0.736. The zero-order valence-corrected chi connectivity index (χ0v) is 13.1. The minimum atomic E-state index is 0.120. The van der Waals surface area contributed by atoms with Crippen molar-refractivity contribution in [2.75, 3.05) is 46.9 Å². The smallest absolute Gasteiger partial charge is 0.191 e. The van der Waals surface area contributed by atoms with Crippen molar-refractivity contribution in [1.29, 1.82) is 0 Å². The summed E-state index contributed by atoms with van der Waals surface area (Å²) in [5, 5.41) is 0. The van der Waals surface area contributed by atoms with E-state index in [1.807, 2.05) is 0 Å². The SMILES string of the molecule is CN(C)C1(CN=C(N)N2CCCCCC2)CCOCC1. The molecule has 5 heteroatoms. The first-order chi connectivity index (χ1) is 9.64. The summed E-state index contributed by atoms with van der Waals surface area (Å²) in [7, 11) is 4.28. The first kappa shape index (κ1) is 15.6. The van der Waals surface area contributed by atoms with E-state index in [1.165, 1.54) is 25.7 Å². The highest BCUT2D eigenvalue weighted by molar-refractivity contribution is 5.78. The predicted molar refractivity (Wildman–Crippen MR) is 83.0 cm³/mol. The highest BCUT2D eigenvalue weighted by atomic mass is 16.5. The second kappa shape index (κ2) is 7.27. The Morgan fingerprint density at radius 3 is 2.30 bits per heavy atom. The van der Waals surface area contributed by atoms with E-state index in [-0.39, 0.29) is 5.54 Å². The van der Waals surface area contributed by atoms with Gasteiger partial charge in [-0.2, -0.15) is 0 Å². The third kappa shape index (κ3) is 3.85. The van der Waals surface area contributed by atoms with Gasteiger partial charge in [-0.25, -0.2) is 0 Å². The highest BCUT2D eigenvalue weighted by Gasteiger charge is 2.34. The minimum absolute atomic E-state index is 0.120. The van der Waals surface area contributed by atoms with Crippen LogP contribution in [0, 0.1) is 0 Å². The third-order valence-corrected chi connectivity index (χ3v) is 4.84. The maximum atomic E-state index is 6.22. The molecule has 0 aromatic rings. The van der Waals surface area contributed by atoms with Gasteiger partial charge in [-0.05, 0) is 39.8 Å². The molecule has 0 atom stereocenters. The molecule has 0 aromatic heterocycles. The van der Waals surface area contributed by atoms with Crippen molar-refractivity contribution >= 4 is 5.96 Å². The molecule has 2 rings (SSSR count). The predicted octanol–water partition coefficient (Wildman–Crippen LogP) is 1.29. The average molecular weight is 282 g/mol. The Bertz CT molecular complexity index is 316. The lowest BCUT2D eigenvalue weighted by molar-refractivity contribution is -0.00261. The van der Waals surface area contributed by atoms with Crippen LogP contribution in [-0.2, 0) is 4.74 Å². The van der Waals surface area contributed by atoms with Crippen molar-refractivity contribution in [2.24, 2.45) is 10.7 Å². The summed E-state index contributed by atoms with van der Waals surface area (Å²) in [4.78, 5) is 9.29. The number of guanidine groups is 1. The summed E-state index contributed by atoms with van der Waals surface area (Å²) in [6.07, 6.45) is 7.20. The fourth-order valence-corrected chi connectivity index (χ4v) is 3.13. The molecule has 2 heterocycles. The third-order valence-electron chi connectivity index (χ3n) is 4.84. The lowest BCUT2D eigenvalue weighted by Gasteiger charge is -2.41. The van der Waals surface area contributed by atoms with E-state index in [0.29, 0.717) is 0 Å². The van der Waals surface area contributed by atoms with Crippen LogP contribution < -0.4 is 5.73 Å². The number of ether oxygens (including phenoxy) is 1. The molecule has 0 aliphatic carbocycles. The van der Waals surface area contributed by atoms with Gasteiger partial charge in [-0.15, -0.1) is 0 Å². The topological polar surface area (TPSA) is 54.1 Å². The van der Waals surface area contributed by atoms with E-state index >= 15 is 0 Å². The zero-order chi connectivity index (χ0) is 14.4. The molecule has 0 radical (unpaired) electrons. The Morgan fingerprint density at radius 1 is 1.15 bits per heavy atom. The molecule has 2 aliphatic rings. The number of nitrogens with two attached hydrogens (primary N) is 1. The van der Waals surface area contributed by atoms with E-state index in [9.17, 15) is 0 Å². The Morgan fingerprint density at radius 2 is 1.75 bits per heavy atom. The summed E-state index contributed by atoms with van der Waals surface area (Å²) >= 11 is 0. The van der Waals surface area contributed by atoms with Gasteiger partial charge < -0.3 is 20.3 Å². The van der Waals surface area contributed by atoms with E-state index in [4.69, 9.17) is 15.5 Å². The largest absolute Gasteiger partial charge is 0.381 e. The molecule has 0 spiro atoms. The number of aliphatic imine (C=N–C) groups is 1. The van der Waals surface area contributed by atoms with Crippen molar-refractivity contribution in [2.45, 2.75) is 44.1 Å². The van der Waals surface area contributed by atoms with Gasteiger partial charge in [0.2, 0.25) is 0 Å². The van der Waals surface area contributed by atoms with Crippen LogP contribution in [0.5, 0.6) is 0 Å². The summed E-state index contributed by atoms with van der Waals surface area (Å²) in [5.41, 5.74) is 6.34. The maximum Gasteiger partial charge on any atom is 0.191 e. The minimum Gasteiger partial charge on any atom is -0.381 e. The normalized spacial score (nSPS) is 24.8. The van der Waals surface area contributed by atoms with Gasteiger partial charge in [0.05, 0.1) is 6.54 Å². The molecule has 5 nitrogen and oxygen atoms in total. The van der Waals surface area contributed by atoms with Crippen LogP contribution in [0.3, 0.4) is 0 Å². The van der Waals surface area contributed by atoms with Crippen LogP contribution in [0.2, 0.25) is 0 Å². The molecular weight excluding hydrogens is 252 g/mol. The Kier molecular flexibility index (Phi) is 5.66. The Balaban J connectivity index is 1.97. The molecule has 2 fully saturated rings. The lowest BCUT2D eigenvalue weighted by Crippen LogP contribution is -2.51. The van der Waals surface area contributed by atoms with Crippen molar-refractivity contribution in [3.63, 3.8) is 0 Å². The van der Waals surface area contributed by atoms with Crippen molar-refractivity contribution in [3.05, 3.63) is 0 Å². The number of nitrogens with zero attached hydrogens (tertiary/aromatic N) is 3. The quantitative estimate of drug-likeness (QED) is 0.626. The zero-order valence-electron chi connectivity index (χ0n) is 13.1. The summed E-state index contributed by atoms with van der Waals surface area (Å²) in [6, 6.07) is 0. The molecule has 20 heavy (non-hydrogen) atoms. The van der Waals surface area contributed by atoms with E-state index in [0.717, 1.165) is 51.6 Å². The van der Waals surface area contributed by atoms with Gasteiger partial charge in [0, 0.05) is 31.8 Å². The van der Waals surface area contributed by atoms with Gasteiger partial charge in [0.15, 0.2) is 5.96 Å². The number of rotatable bonds is 3. The fraction of sp³-hybridized carbons (Fsp3) is 0.933. The maximum absolute atomic E-state index is 6.22. The molecule has 0 aromatic carbocycles. The van der Waals surface area contributed by atoms with Crippen LogP contribution >= 0.6 is 0 Å². The van der Waals surface area contributed by atoms with Crippen molar-refractivity contribution < 1.29 is 4.74 Å². The van der Waals surface area contributed by atoms with E-state index < -0.39 is 0 Å². The van der Waals surface area contributed by atoms with E-state index in [1.54, 1.807) is 0 Å². The second-order valence-electron chi connectivity index (χ2n) is 6.31. The van der Waals surface area contributed by atoms with Crippen molar-refractivity contribution in [1.82, 2.24) is 9.80 Å². The van der Waals surface area contributed by atoms with Gasteiger partial charge in [0.25, 0.3) is 0 Å². The molecule has 2 saturated heterocycles. The van der Waals surface area contributed by atoms with Gasteiger partial charge in [-0.3, -0.25) is 4.99 Å². The number of hydrogen-bond donors (Lipinski definition) is 1. The second-order valence-corrected chi connectivity index (χ2v) is 6.31. The molecular formula is C15H30N4O. The highest BCUT2D eigenvalue weighted by Crippen LogP contribution is 2.26. The molecule has 2 N–H and O–H groups in total. The Hall–Kier alpha value is -0.810. The standard InChI is InChI=1S/C15H30N4O/c1-18(2)15(7-11-20-12-8-15)13-17-14(16)19-9-5-3-4-6-10-19/h3-13H2,1-2H3,(H2,16,17). The van der Waals surface area contributed by atoms with Gasteiger partial charge in [-0.1, -0.05) is 12.8 Å². The number of hydrogen-bond acceptors (Lipinski definition) is 3. The molecule has 0 bridgehead atoms. The first-order valence-corrected chi connectivity index (χ1v) is 7.94. The fourth-order valence-electron chi connectivity index (χ4n) is 3.13. The number of likely N-dealkylation sites (N-methyl/N-ethyl adjacent to an activating group) is 1. The average Bonchev–Trinajstić information content (AvgIpc) is 2.74. The van der Waals surface area contributed by atoms with Crippen molar-refractivity contribution in [3.8, 4) is 0 Å². The first-order valence-electron chi connectivity index (χ1n) is 7.94. The van der Waals surface area contributed by atoms with Crippen LogP contribution in [0.1, 0.15) is 38.5 Å². The van der Waals surface area contributed by atoms with E-state index in [2.05, 4.69) is 23.9 Å². The summed E-state index contributed by atoms with van der Waals surface area (Å²) in [6.45, 7) is 4.57. The van der Waals surface area contributed by atoms with Crippen LogP contribution in [-0.4, -0.2) is 68.2 Å². The van der Waals surface area contributed by atoms with Gasteiger partial charge in [0.1, 0.15) is 0 Å². The molecule has 0 saturated carbocycles. The molecule has 0 amide bonds. The van der Waals surface area contributed by atoms with Crippen LogP contribution in [0.15, 0.2) is 4.99 Å². The van der Waals surface area contributed by atoms with Crippen LogP contribution in [0.4, 0.5) is 0 Å².